The minimum Gasteiger partial charge on any atom is -0.379 e. The van der Waals surface area contributed by atoms with Gasteiger partial charge < -0.3 is 20.3 Å². The summed E-state index contributed by atoms with van der Waals surface area (Å²) < 4.78 is 5.44. The zero-order valence-electron chi connectivity index (χ0n) is 17.4. The van der Waals surface area contributed by atoms with E-state index < -0.39 is 0 Å². The van der Waals surface area contributed by atoms with Crippen LogP contribution in [0.15, 0.2) is 29.3 Å². The maximum absolute atomic E-state index is 12.3. The lowest BCUT2D eigenvalue weighted by molar-refractivity contribution is -0.130. The summed E-state index contributed by atoms with van der Waals surface area (Å²) in [4.78, 5) is 21.0. The minimum absolute atomic E-state index is 0. The Kier molecular flexibility index (Phi) is 10.7. The van der Waals surface area contributed by atoms with E-state index in [-0.39, 0.29) is 36.4 Å². The average Bonchev–Trinajstić information content (AvgIpc) is 2.76. The maximum Gasteiger partial charge on any atom is 0.241 e. The van der Waals surface area contributed by atoms with Crippen molar-refractivity contribution in [3.05, 3.63) is 35.4 Å². The van der Waals surface area contributed by atoms with E-state index in [1.165, 1.54) is 17.5 Å². The maximum atomic E-state index is 12.3. The lowest BCUT2D eigenvalue weighted by atomic mass is 10.1. The lowest BCUT2D eigenvalue weighted by Crippen LogP contribution is -2.45. The van der Waals surface area contributed by atoms with Gasteiger partial charge in [0.2, 0.25) is 5.91 Å². The van der Waals surface area contributed by atoms with Crippen molar-refractivity contribution in [2.24, 2.45) is 4.99 Å². The fraction of sp³-hybridized carbons (Fsp3) is 0.619. The normalized spacial score (nSPS) is 18.1. The van der Waals surface area contributed by atoms with Crippen LogP contribution in [0.4, 0.5) is 0 Å². The summed E-state index contributed by atoms with van der Waals surface area (Å²) in [5, 5.41) is 6.50. The summed E-state index contributed by atoms with van der Waals surface area (Å²) in [5.74, 6) is 0.807. The molecule has 0 spiro atoms. The molecule has 162 valence electrons. The molecule has 0 saturated carbocycles. The number of hydrogen-bond acceptors (Lipinski definition) is 4. The number of hydrogen-bond donors (Lipinski definition) is 2. The highest BCUT2D eigenvalue weighted by Crippen LogP contribution is 2.13. The van der Waals surface area contributed by atoms with Crippen LogP contribution in [0.3, 0.4) is 0 Å². The van der Waals surface area contributed by atoms with E-state index in [1.807, 2.05) is 4.90 Å². The van der Waals surface area contributed by atoms with E-state index in [0.29, 0.717) is 12.5 Å². The molecule has 0 aromatic heterocycles. The van der Waals surface area contributed by atoms with Gasteiger partial charge in [-0.25, -0.2) is 0 Å². The molecule has 8 heteroatoms. The summed E-state index contributed by atoms with van der Waals surface area (Å²) in [7, 11) is 1.74. The highest BCUT2D eigenvalue weighted by atomic mass is 127. The molecule has 3 rings (SSSR count). The van der Waals surface area contributed by atoms with E-state index in [9.17, 15) is 4.79 Å². The first-order chi connectivity index (χ1) is 13.8. The van der Waals surface area contributed by atoms with Crippen LogP contribution in [-0.2, 0) is 22.6 Å². The zero-order chi connectivity index (χ0) is 19.6. The first kappa shape index (κ1) is 23.9. The zero-order valence-corrected chi connectivity index (χ0v) is 19.7. The number of rotatable bonds is 6. The number of amides is 1. The Morgan fingerprint density at radius 1 is 1.03 bits per heavy atom. The van der Waals surface area contributed by atoms with E-state index in [2.05, 4.69) is 44.8 Å². The van der Waals surface area contributed by atoms with Crippen LogP contribution in [0.1, 0.15) is 30.4 Å². The fourth-order valence-corrected chi connectivity index (χ4v) is 3.70. The van der Waals surface area contributed by atoms with Crippen molar-refractivity contribution in [3.63, 3.8) is 0 Å². The molecular formula is C21H34IN5O2. The second kappa shape index (κ2) is 13.0. The molecule has 2 aliphatic heterocycles. The van der Waals surface area contributed by atoms with Gasteiger partial charge >= 0.3 is 0 Å². The minimum atomic E-state index is 0. The van der Waals surface area contributed by atoms with Crippen molar-refractivity contribution >= 4 is 35.8 Å². The largest absolute Gasteiger partial charge is 0.379 e. The molecule has 2 aliphatic rings. The molecule has 2 saturated heterocycles. The summed E-state index contributed by atoms with van der Waals surface area (Å²) in [6.45, 7) is 7.22. The van der Waals surface area contributed by atoms with Crippen molar-refractivity contribution in [2.45, 2.75) is 32.4 Å². The number of morpholine rings is 1. The molecule has 0 radical (unpaired) electrons. The van der Waals surface area contributed by atoms with Gasteiger partial charge in [-0.05, 0) is 30.4 Å². The summed E-state index contributed by atoms with van der Waals surface area (Å²) >= 11 is 0. The molecule has 0 atom stereocenters. The fourth-order valence-electron chi connectivity index (χ4n) is 3.70. The van der Waals surface area contributed by atoms with Crippen molar-refractivity contribution in [2.75, 3.05) is 53.0 Å². The second-order valence-corrected chi connectivity index (χ2v) is 7.38. The van der Waals surface area contributed by atoms with Gasteiger partial charge in [0, 0.05) is 46.3 Å². The van der Waals surface area contributed by atoms with Gasteiger partial charge in [0.1, 0.15) is 0 Å². The number of benzene rings is 1. The van der Waals surface area contributed by atoms with Gasteiger partial charge in [-0.2, -0.15) is 0 Å². The average molecular weight is 515 g/mol. The van der Waals surface area contributed by atoms with Crippen LogP contribution in [0.2, 0.25) is 0 Å². The third-order valence-corrected chi connectivity index (χ3v) is 5.40. The predicted octanol–water partition coefficient (Wildman–Crippen LogP) is 1.81. The molecular weight excluding hydrogens is 481 g/mol. The monoisotopic (exact) mass is 515 g/mol. The molecule has 0 aliphatic carbocycles. The molecule has 2 N–H and O–H groups in total. The number of piperidine rings is 1. The number of nitrogens with zero attached hydrogens (tertiary/aromatic N) is 3. The number of carbonyl (C=O) groups excluding carboxylic acids is 1. The summed E-state index contributed by atoms with van der Waals surface area (Å²) in [6.07, 6.45) is 3.45. The number of nitrogens with one attached hydrogen (secondary N) is 2. The van der Waals surface area contributed by atoms with Crippen LogP contribution < -0.4 is 10.6 Å². The molecule has 0 bridgehead atoms. The van der Waals surface area contributed by atoms with Crippen LogP contribution in [-0.4, -0.2) is 74.7 Å². The number of aliphatic imine (C=N–C) groups is 1. The highest BCUT2D eigenvalue weighted by molar-refractivity contribution is 14.0. The quantitative estimate of drug-likeness (QED) is 0.344. The first-order valence-electron chi connectivity index (χ1n) is 10.4. The standard InChI is InChI=1S/C21H33N5O2.HI/c1-22-21(24-16-20(27)26-9-5-2-6-10-26)23-15-18-7-3-4-8-19(18)17-25-11-13-28-14-12-25;/h3-4,7-8H,2,5-6,9-17H2,1H3,(H2,22,23,24);1H. The van der Waals surface area contributed by atoms with E-state index in [1.54, 1.807) is 7.05 Å². The smallest absolute Gasteiger partial charge is 0.241 e. The van der Waals surface area contributed by atoms with Gasteiger partial charge in [0.25, 0.3) is 0 Å². The molecule has 2 fully saturated rings. The number of carbonyl (C=O) groups is 1. The first-order valence-corrected chi connectivity index (χ1v) is 10.4. The van der Waals surface area contributed by atoms with Crippen LogP contribution >= 0.6 is 24.0 Å². The van der Waals surface area contributed by atoms with Crippen molar-refractivity contribution in [1.82, 2.24) is 20.4 Å². The highest BCUT2D eigenvalue weighted by Gasteiger charge is 2.17. The lowest BCUT2D eigenvalue weighted by Gasteiger charge is -2.27. The molecule has 1 aromatic rings. The van der Waals surface area contributed by atoms with Gasteiger partial charge in [0.15, 0.2) is 5.96 Å². The Hall–Kier alpha value is -1.39. The molecule has 0 unspecified atom stereocenters. The van der Waals surface area contributed by atoms with Gasteiger partial charge in [-0.15, -0.1) is 24.0 Å². The van der Waals surface area contributed by atoms with E-state index in [0.717, 1.165) is 58.8 Å². The van der Waals surface area contributed by atoms with Crippen molar-refractivity contribution in [1.29, 1.82) is 0 Å². The molecule has 7 nitrogen and oxygen atoms in total. The Labute approximate surface area is 191 Å². The molecule has 1 aromatic carbocycles. The van der Waals surface area contributed by atoms with E-state index >= 15 is 0 Å². The second-order valence-electron chi connectivity index (χ2n) is 7.38. The van der Waals surface area contributed by atoms with Crippen molar-refractivity contribution in [3.8, 4) is 0 Å². The summed E-state index contributed by atoms with van der Waals surface area (Å²) in [6, 6.07) is 8.48. The Morgan fingerprint density at radius 2 is 1.72 bits per heavy atom. The third kappa shape index (κ3) is 7.75. The van der Waals surface area contributed by atoms with Crippen LogP contribution in [0.25, 0.3) is 0 Å². The number of ether oxygens (including phenoxy) is 1. The van der Waals surface area contributed by atoms with E-state index in [4.69, 9.17) is 4.74 Å². The third-order valence-electron chi connectivity index (χ3n) is 5.40. The van der Waals surface area contributed by atoms with Gasteiger partial charge in [-0.3, -0.25) is 14.7 Å². The van der Waals surface area contributed by atoms with Crippen LogP contribution in [0.5, 0.6) is 0 Å². The SMILES string of the molecule is CN=C(NCC(=O)N1CCCCC1)NCc1ccccc1CN1CCOCC1.I. The topological polar surface area (TPSA) is 69.2 Å². The number of likely N-dealkylation sites (tertiary alicyclic amines) is 1. The molecule has 2 heterocycles. The Morgan fingerprint density at radius 3 is 2.41 bits per heavy atom. The Bertz CT molecular complexity index is 658. The summed E-state index contributed by atoms with van der Waals surface area (Å²) in [5.41, 5.74) is 2.57. The predicted molar refractivity (Wildman–Crippen MR) is 127 cm³/mol. The molecule has 1 amide bonds. The number of halogens is 1. The Balaban J connectivity index is 0.00000300. The molecule has 29 heavy (non-hydrogen) atoms. The van der Waals surface area contributed by atoms with Crippen molar-refractivity contribution < 1.29 is 9.53 Å². The van der Waals surface area contributed by atoms with Crippen LogP contribution in [0, 0.1) is 0 Å². The number of guanidine groups is 1. The van der Waals surface area contributed by atoms with Gasteiger partial charge in [-0.1, -0.05) is 24.3 Å². The van der Waals surface area contributed by atoms with Gasteiger partial charge in [0.05, 0.1) is 19.8 Å².